The van der Waals surface area contributed by atoms with Crippen LogP contribution in [-0.2, 0) is 0 Å². The molecule has 0 bridgehead atoms. The quantitative estimate of drug-likeness (QED) is 0.788. The van der Waals surface area contributed by atoms with Crippen molar-refractivity contribution in [3.05, 3.63) is 48.0 Å². The number of nitrogens with two attached hydrogens (primary N) is 1. The van der Waals surface area contributed by atoms with Crippen molar-refractivity contribution in [3.8, 4) is 11.5 Å². The Morgan fingerprint density at radius 3 is 2.69 bits per heavy atom. The zero-order valence-corrected chi connectivity index (χ0v) is 8.77. The fourth-order valence-corrected chi connectivity index (χ4v) is 1.30. The average molecular weight is 218 g/mol. The third kappa shape index (κ3) is 1.95. The largest absolute Gasteiger partial charge is 0.453 e. The minimum atomic E-state index is -0.487. The second kappa shape index (κ2) is 4.18. The maximum Gasteiger partial charge on any atom is 0.153 e. The lowest BCUT2D eigenvalue weighted by Gasteiger charge is -2.09. The molecule has 1 aromatic heterocycles. The molecule has 0 spiro atoms. The van der Waals surface area contributed by atoms with Gasteiger partial charge in [-0.05, 0) is 31.2 Å². The molecular formula is C12H11FN2O. The van der Waals surface area contributed by atoms with Crippen LogP contribution in [0.1, 0.15) is 5.69 Å². The van der Waals surface area contributed by atoms with Crippen LogP contribution >= 0.6 is 0 Å². The maximum atomic E-state index is 13.2. The van der Waals surface area contributed by atoms with Crippen molar-refractivity contribution < 1.29 is 9.13 Å². The molecule has 0 radical (unpaired) electrons. The number of nitrogen functional groups attached to an aromatic ring is 1. The molecule has 0 fully saturated rings. The highest BCUT2D eigenvalue weighted by Gasteiger charge is 2.07. The molecule has 2 aromatic rings. The number of hydrogen-bond donors (Lipinski definition) is 1. The molecule has 2 N–H and O–H groups in total. The first kappa shape index (κ1) is 10.4. The first-order chi connectivity index (χ1) is 7.68. The number of ether oxygens (including phenoxy) is 1. The summed E-state index contributed by atoms with van der Waals surface area (Å²) in [6.45, 7) is 1.81. The predicted molar refractivity (Wildman–Crippen MR) is 59.9 cm³/mol. The van der Waals surface area contributed by atoms with Gasteiger partial charge in [-0.1, -0.05) is 6.07 Å². The Morgan fingerprint density at radius 2 is 1.94 bits per heavy atom. The molecule has 0 aliphatic heterocycles. The van der Waals surface area contributed by atoms with E-state index in [1.807, 2.05) is 6.92 Å². The van der Waals surface area contributed by atoms with E-state index in [1.54, 1.807) is 30.5 Å². The summed E-state index contributed by atoms with van der Waals surface area (Å²) in [4.78, 5) is 4.07. The van der Waals surface area contributed by atoms with Crippen LogP contribution in [-0.4, -0.2) is 4.98 Å². The minimum Gasteiger partial charge on any atom is -0.453 e. The van der Waals surface area contributed by atoms with Gasteiger partial charge in [-0.2, -0.15) is 0 Å². The normalized spacial score (nSPS) is 10.1. The third-order valence-electron chi connectivity index (χ3n) is 2.19. The fourth-order valence-electron chi connectivity index (χ4n) is 1.30. The Morgan fingerprint density at radius 1 is 1.19 bits per heavy atom. The lowest BCUT2D eigenvalue weighted by molar-refractivity contribution is 0.473. The number of anilines is 1. The van der Waals surface area contributed by atoms with Crippen LogP contribution in [0, 0.1) is 12.7 Å². The second-order valence-corrected chi connectivity index (χ2v) is 3.34. The standard InChI is InChI=1S/C12H11FN2O/c1-8-10(6-3-7-15-8)16-11-5-2-4-9(13)12(11)14/h2-7H,14H2,1H3. The van der Waals surface area contributed by atoms with Crippen molar-refractivity contribution in [2.75, 3.05) is 5.73 Å². The summed E-state index contributed by atoms with van der Waals surface area (Å²) in [5.74, 6) is 0.384. The highest BCUT2D eigenvalue weighted by atomic mass is 19.1. The fraction of sp³-hybridized carbons (Fsp3) is 0.0833. The lowest BCUT2D eigenvalue weighted by Crippen LogP contribution is -1.96. The molecule has 1 heterocycles. The van der Waals surface area contributed by atoms with Crippen LogP contribution in [0.15, 0.2) is 36.5 Å². The Balaban J connectivity index is 2.35. The molecule has 0 aliphatic rings. The topological polar surface area (TPSA) is 48.1 Å². The van der Waals surface area contributed by atoms with Crippen LogP contribution < -0.4 is 10.5 Å². The van der Waals surface area contributed by atoms with Crippen LogP contribution in [0.5, 0.6) is 11.5 Å². The average Bonchev–Trinajstić information content (AvgIpc) is 2.28. The Kier molecular flexibility index (Phi) is 2.72. The molecule has 0 saturated heterocycles. The molecule has 0 unspecified atom stereocenters. The Bertz CT molecular complexity index is 514. The Labute approximate surface area is 92.7 Å². The van der Waals surface area contributed by atoms with E-state index in [1.165, 1.54) is 6.07 Å². The summed E-state index contributed by atoms with van der Waals surface area (Å²) in [6, 6.07) is 7.96. The molecule has 1 aromatic carbocycles. The summed E-state index contributed by atoms with van der Waals surface area (Å²) < 4.78 is 18.7. The molecule has 82 valence electrons. The van der Waals surface area contributed by atoms with Crippen molar-refractivity contribution in [3.63, 3.8) is 0 Å². The van der Waals surface area contributed by atoms with Gasteiger partial charge in [0.05, 0.1) is 5.69 Å². The summed E-state index contributed by atoms with van der Waals surface area (Å²) >= 11 is 0. The minimum absolute atomic E-state index is 0.00533. The van der Waals surface area contributed by atoms with E-state index in [0.717, 1.165) is 5.69 Å². The van der Waals surface area contributed by atoms with Gasteiger partial charge in [-0.3, -0.25) is 4.98 Å². The van der Waals surface area contributed by atoms with Crippen LogP contribution in [0.25, 0.3) is 0 Å². The van der Waals surface area contributed by atoms with E-state index in [4.69, 9.17) is 10.5 Å². The van der Waals surface area contributed by atoms with Gasteiger partial charge in [0.15, 0.2) is 5.75 Å². The van der Waals surface area contributed by atoms with Gasteiger partial charge in [0.1, 0.15) is 17.3 Å². The summed E-state index contributed by atoms with van der Waals surface area (Å²) in [5, 5.41) is 0. The van der Waals surface area contributed by atoms with Crippen molar-refractivity contribution in [1.29, 1.82) is 0 Å². The third-order valence-corrected chi connectivity index (χ3v) is 2.19. The highest BCUT2D eigenvalue weighted by molar-refractivity contribution is 5.54. The van der Waals surface area contributed by atoms with Gasteiger partial charge in [-0.15, -0.1) is 0 Å². The molecule has 0 amide bonds. The highest BCUT2D eigenvalue weighted by Crippen LogP contribution is 2.29. The van der Waals surface area contributed by atoms with E-state index in [2.05, 4.69) is 4.98 Å². The predicted octanol–water partition coefficient (Wildman–Crippen LogP) is 2.90. The zero-order chi connectivity index (χ0) is 11.5. The summed E-state index contributed by atoms with van der Waals surface area (Å²) in [5.41, 5.74) is 6.29. The number of pyridine rings is 1. The number of nitrogens with zero attached hydrogens (tertiary/aromatic N) is 1. The van der Waals surface area contributed by atoms with Crippen LogP contribution in [0.2, 0.25) is 0 Å². The van der Waals surface area contributed by atoms with E-state index in [0.29, 0.717) is 11.5 Å². The molecule has 2 rings (SSSR count). The van der Waals surface area contributed by atoms with Gasteiger partial charge in [0.25, 0.3) is 0 Å². The van der Waals surface area contributed by atoms with Gasteiger partial charge >= 0.3 is 0 Å². The molecule has 3 nitrogen and oxygen atoms in total. The lowest BCUT2D eigenvalue weighted by atomic mass is 10.3. The molecule has 0 atom stereocenters. The maximum absolute atomic E-state index is 13.2. The number of aromatic nitrogens is 1. The van der Waals surface area contributed by atoms with E-state index >= 15 is 0 Å². The number of para-hydroxylation sites is 1. The van der Waals surface area contributed by atoms with Gasteiger partial charge in [0, 0.05) is 6.20 Å². The number of hydrogen-bond acceptors (Lipinski definition) is 3. The number of aryl methyl sites for hydroxylation is 1. The van der Waals surface area contributed by atoms with E-state index in [-0.39, 0.29) is 5.69 Å². The van der Waals surface area contributed by atoms with Gasteiger partial charge < -0.3 is 10.5 Å². The van der Waals surface area contributed by atoms with Crippen molar-refractivity contribution >= 4 is 5.69 Å². The molecule has 4 heteroatoms. The monoisotopic (exact) mass is 218 g/mol. The second-order valence-electron chi connectivity index (χ2n) is 3.34. The smallest absolute Gasteiger partial charge is 0.153 e. The molecule has 0 aliphatic carbocycles. The van der Waals surface area contributed by atoms with Gasteiger partial charge in [-0.25, -0.2) is 4.39 Å². The van der Waals surface area contributed by atoms with E-state index < -0.39 is 5.82 Å². The zero-order valence-electron chi connectivity index (χ0n) is 8.77. The Hall–Kier alpha value is -2.10. The number of benzene rings is 1. The first-order valence-corrected chi connectivity index (χ1v) is 4.82. The van der Waals surface area contributed by atoms with Crippen molar-refractivity contribution in [2.24, 2.45) is 0 Å². The van der Waals surface area contributed by atoms with E-state index in [9.17, 15) is 4.39 Å². The van der Waals surface area contributed by atoms with Crippen molar-refractivity contribution in [2.45, 2.75) is 6.92 Å². The summed E-state index contributed by atoms with van der Waals surface area (Å²) in [7, 11) is 0. The first-order valence-electron chi connectivity index (χ1n) is 4.82. The SMILES string of the molecule is Cc1ncccc1Oc1cccc(F)c1N. The summed E-state index contributed by atoms with van der Waals surface area (Å²) in [6.07, 6.45) is 1.66. The van der Waals surface area contributed by atoms with Crippen molar-refractivity contribution in [1.82, 2.24) is 4.98 Å². The number of rotatable bonds is 2. The molecular weight excluding hydrogens is 207 g/mol. The van der Waals surface area contributed by atoms with Crippen LogP contribution in [0.3, 0.4) is 0 Å². The molecule has 0 saturated carbocycles. The molecule has 16 heavy (non-hydrogen) atoms. The van der Waals surface area contributed by atoms with Gasteiger partial charge in [0.2, 0.25) is 0 Å². The van der Waals surface area contributed by atoms with Crippen LogP contribution in [0.4, 0.5) is 10.1 Å². The number of halogens is 1.